The Morgan fingerprint density at radius 3 is 2.93 bits per heavy atom. The van der Waals surface area contributed by atoms with E-state index in [1.807, 2.05) is 26.0 Å². The minimum absolute atomic E-state index is 0.298. The maximum absolute atomic E-state index is 11.2. The molecule has 1 heterocycles. The molecule has 0 unspecified atom stereocenters. The van der Waals surface area contributed by atoms with Gasteiger partial charge in [0.15, 0.2) is 0 Å². The number of rotatable bonds is 3. The van der Waals surface area contributed by atoms with E-state index in [0.717, 1.165) is 17.5 Å². The van der Waals surface area contributed by atoms with Gasteiger partial charge in [0.05, 0.1) is 13.4 Å². The van der Waals surface area contributed by atoms with Crippen molar-refractivity contribution < 1.29 is 13.9 Å². The van der Waals surface area contributed by atoms with E-state index in [-0.39, 0.29) is 0 Å². The Morgan fingerprint density at radius 2 is 2.36 bits per heavy atom. The summed E-state index contributed by atoms with van der Waals surface area (Å²) in [4.78, 5) is 11.2. The van der Waals surface area contributed by atoms with Crippen LogP contribution in [0, 0.1) is 6.92 Å². The van der Waals surface area contributed by atoms with Crippen molar-refractivity contribution in [3.63, 3.8) is 0 Å². The van der Waals surface area contributed by atoms with Gasteiger partial charge in [-0.15, -0.1) is 0 Å². The Balaban J connectivity index is 2.90. The van der Waals surface area contributed by atoms with Crippen molar-refractivity contribution in [3.8, 4) is 0 Å². The largest absolute Gasteiger partial charge is 0.463 e. The maximum Gasteiger partial charge on any atom is 0.374 e. The molecule has 0 aliphatic heterocycles. The second-order valence-electron chi connectivity index (χ2n) is 2.98. The van der Waals surface area contributed by atoms with Crippen molar-refractivity contribution in [2.24, 2.45) is 0 Å². The van der Waals surface area contributed by atoms with Gasteiger partial charge < -0.3 is 9.15 Å². The molecule has 0 aliphatic carbocycles. The van der Waals surface area contributed by atoms with Crippen LogP contribution in [0.15, 0.2) is 22.8 Å². The molecule has 0 saturated heterocycles. The highest BCUT2D eigenvalue weighted by Gasteiger charge is 2.16. The Hall–Kier alpha value is -1.51. The van der Waals surface area contributed by atoms with E-state index in [2.05, 4.69) is 4.74 Å². The van der Waals surface area contributed by atoms with Crippen LogP contribution in [0.2, 0.25) is 0 Å². The molecule has 0 saturated carbocycles. The van der Waals surface area contributed by atoms with Gasteiger partial charge in [0.25, 0.3) is 0 Å². The third-order valence-electron chi connectivity index (χ3n) is 2.09. The summed E-state index contributed by atoms with van der Waals surface area (Å²) in [5.41, 5.74) is 1.87. The molecule has 1 aromatic rings. The topological polar surface area (TPSA) is 39.4 Å². The number of esters is 1. The molecule has 3 nitrogen and oxygen atoms in total. The lowest BCUT2D eigenvalue weighted by Crippen LogP contribution is -2.01. The van der Waals surface area contributed by atoms with Gasteiger partial charge in [-0.25, -0.2) is 4.79 Å². The average Bonchev–Trinajstić information content (AvgIpc) is 2.56. The van der Waals surface area contributed by atoms with Crippen LogP contribution in [-0.4, -0.2) is 13.1 Å². The minimum atomic E-state index is -0.422. The van der Waals surface area contributed by atoms with Gasteiger partial charge in [-0.05, 0) is 25.8 Å². The van der Waals surface area contributed by atoms with Crippen LogP contribution in [0.25, 0.3) is 0 Å². The number of hydrogen-bond acceptors (Lipinski definition) is 3. The summed E-state index contributed by atoms with van der Waals surface area (Å²) in [6.07, 6.45) is 6.35. The highest BCUT2D eigenvalue weighted by molar-refractivity contribution is 5.88. The molecule has 0 aromatic carbocycles. The zero-order valence-electron chi connectivity index (χ0n) is 8.66. The second kappa shape index (κ2) is 4.65. The third kappa shape index (κ3) is 2.05. The molecule has 0 radical (unpaired) electrons. The van der Waals surface area contributed by atoms with Crippen LogP contribution in [0.3, 0.4) is 0 Å². The Labute approximate surface area is 83.4 Å². The van der Waals surface area contributed by atoms with Crippen LogP contribution in [0.1, 0.15) is 28.6 Å². The molecule has 0 bridgehead atoms. The van der Waals surface area contributed by atoms with Crippen molar-refractivity contribution in [1.82, 2.24) is 0 Å². The monoisotopic (exact) mass is 194 g/mol. The Kier molecular flexibility index (Phi) is 3.51. The molecule has 1 rings (SSSR count). The minimum Gasteiger partial charge on any atom is -0.463 e. The zero-order valence-corrected chi connectivity index (χ0v) is 8.66. The molecule has 1 aromatic heterocycles. The van der Waals surface area contributed by atoms with E-state index < -0.39 is 5.97 Å². The molecule has 14 heavy (non-hydrogen) atoms. The fourth-order valence-electron chi connectivity index (χ4n) is 1.19. The standard InChI is InChI=1S/C11H14O3/c1-4-5-6-9-7-14-10(8(9)2)11(12)13-3/h4-5,7H,6H2,1-3H3/b5-4+. The summed E-state index contributed by atoms with van der Waals surface area (Å²) in [5, 5.41) is 0. The van der Waals surface area contributed by atoms with E-state index in [4.69, 9.17) is 4.42 Å². The smallest absolute Gasteiger partial charge is 0.374 e. The van der Waals surface area contributed by atoms with Gasteiger partial charge in [-0.3, -0.25) is 0 Å². The van der Waals surface area contributed by atoms with Crippen LogP contribution in [0.5, 0.6) is 0 Å². The van der Waals surface area contributed by atoms with Gasteiger partial charge in [0.2, 0.25) is 5.76 Å². The lowest BCUT2D eigenvalue weighted by Gasteiger charge is -1.96. The van der Waals surface area contributed by atoms with Gasteiger partial charge in [-0.1, -0.05) is 12.2 Å². The molecule has 3 heteroatoms. The maximum atomic E-state index is 11.2. The lowest BCUT2D eigenvalue weighted by atomic mass is 10.1. The highest BCUT2D eigenvalue weighted by Crippen LogP contribution is 2.17. The third-order valence-corrected chi connectivity index (χ3v) is 2.09. The number of carbonyl (C=O) groups excluding carboxylic acids is 1. The fraction of sp³-hybridized carbons (Fsp3) is 0.364. The van der Waals surface area contributed by atoms with E-state index in [9.17, 15) is 4.79 Å². The normalized spacial score (nSPS) is 10.8. The first-order valence-electron chi connectivity index (χ1n) is 4.47. The van der Waals surface area contributed by atoms with E-state index in [0.29, 0.717) is 5.76 Å². The van der Waals surface area contributed by atoms with Crippen LogP contribution < -0.4 is 0 Å². The quantitative estimate of drug-likeness (QED) is 0.548. The number of ether oxygens (including phenoxy) is 1. The summed E-state index contributed by atoms with van der Waals surface area (Å²) in [5.74, 6) is -0.124. The summed E-state index contributed by atoms with van der Waals surface area (Å²) < 4.78 is 9.72. The summed E-state index contributed by atoms with van der Waals surface area (Å²) in [6, 6.07) is 0. The number of allylic oxidation sites excluding steroid dienone is 2. The van der Waals surface area contributed by atoms with Gasteiger partial charge in [-0.2, -0.15) is 0 Å². The van der Waals surface area contributed by atoms with Crippen LogP contribution >= 0.6 is 0 Å². The predicted octanol–water partition coefficient (Wildman–Crippen LogP) is 2.49. The highest BCUT2D eigenvalue weighted by atomic mass is 16.5. The van der Waals surface area contributed by atoms with Gasteiger partial charge in [0.1, 0.15) is 0 Å². The molecule has 0 amide bonds. The first kappa shape index (κ1) is 10.6. The van der Waals surface area contributed by atoms with Gasteiger partial charge >= 0.3 is 5.97 Å². The van der Waals surface area contributed by atoms with E-state index in [1.54, 1.807) is 6.26 Å². The zero-order chi connectivity index (χ0) is 10.6. The first-order chi connectivity index (χ1) is 6.70. The Morgan fingerprint density at radius 1 is 1.64 bits per heavy atom. The summed E-state index contributed by atoms with van der Waals surface area (Å²) >= 11 is 0. The van der Waals surface area contributed by atoms with Crippen molar-refractivity contribution >= 4 is 5.97 Å². The first-order valence-corrected chi connectivity index (χ1v) is 4.47. The van der Waals surface area contributed by atoms with Crippen molar-refractivity contribution in [3.05, 3.63) is 35.3 Å². The summed E-state index contributed by atoms with van der Waals surface area (Å²) in [6.45, 7) is 3.81. The molecular weight excluding hydrogens is 180 g/mol. The van der Waals surface area contributed by atoms with Crippen LogP contribution in [0.4, 0.5) is 0 Å². The number of methoxy groups -OCH3 is 1. The Bertz CT molecular complexity index is 347. The predicted molar refractivity (Wildman–Crippen MR) is 53.3 cm³/mol. The van der Waals surface area contributed by atoms with Crippen molar-refractivity contribution in [2.45, 2.75) is 20.3 Å². The van der Waals surface area contributed by atoms with Crippen molar-refractivity contribution in [1.29, 1.82) is 0 Å². The summed E-state index contributed by atoms with van der Waals surface area (Å²) in [7, 11) is 1.34. The molecule has 0 spiro atoms. The molecule has 76 valence electrons. The molecule has 0 atom stereocenters. The molecular formula is C11H14O3. The average molecular weight is 194 g/mol. The number of furan rings is 1. The molecule has 0 aliphatic rings. The van der Waals surface area contributed by atoms with E-state index in [1.165, 1.54) is 7.11 Å². The number of carbonyl (C=O) groups is 1. The van der Waals surface area contributed by atoms with Crippen LogP contribution in [-0.2, 0) is 11.2 Å². The fourth-order valence-corrected chi connectivity index (χ4v) is 1.19. The SMILES string of the molecule is C/C=C/Cc1coc(C(=O)OC)c1C. The van der Waals surface area contributed by atoms with Crippen molar-refractivity contribution in [2.75, 3.05) is 7.11 Å². The van der Waals surface area contributed by atoms with E-state index >= 15 is 0 Å². The van der Waals surface area contributed by atoms with Gasteiger partial charge in [0, 0.05) is 5.56 Å². The number of hydrogen-bond donors (Lipinski definition) is 0. The lowest BCUT2D eigenvalue weighted by molar-refractivity contribution is 0.0564. The molecule has 0 N–H and O–H groups in total. The second-order valence-corrected chi connectivity index (χ2v) is 2.98. The molecule has 0 fully saturated rings.